The third kappa shape index (κ3) is 4.61. The second-order valence-electron chi connectivity index (χ2n) is 5.79. The largest absolute Gasteiger partial charge is 0.465 e. The third-order valence-electron chi connectivity index (χ3n) is 3.58. The van der Waals surface area contributed by atoms with Crippen molar-refractivity contribution in [1.82, 2.24) is 5.32 Å². The number of carbonyl (C=O) groups is 1. The molecule has 23 heavy (non-hydrogen) atoms. The molecule has 6 nitrogen and oxygen atoms in total. The summed E-state index contributed by atoms with van der Waals surface area (Å²) in [5.74, 6) is 1.29. The highest BCUT2D eigenvalue weighted by Gasteiger charge is 2.18. The number of carbonyl (C=O) groups excluding carboxylic acids is 1. The second-order valence-corrected chi connectivity index (χ2v) is 5.79. The summed E-state index contributed by atoms with van der Waals surface area (Å²) in [6.45, 7) is 8.83. The number of fused-ring (bicyclic) bond motifs is 1. The van der Waals surface area contributed by atoms with Gasteiger partial charge in [0.05, 0.1) is 12.6 Å². The van der Waals surface area contributed by atoms with Crippen molar-refractivity contribution in [2.24, 2.45) is 10.9 Å². The molecule has 0 saturated carbocycles. The fraction of sp³-hybridized carbons (Fsp3) is 0.529. The maximum atomic E-state index is 12.4. The summed E-state index contributed by atoms with van der Waals surface area (Å²) in [5.41, 5.74) is 0.472. The van der Waals surface area contributed by atoms with Gasteiger partial charge < -0.3 is 14.2 Å². The van der Waals surface area contributed by atoms with Crippen molar-refractivity contribution >= 4 is 11.9 Å². The van der Waals surface area contributed by atoms with E-state index in [2.05, 4.69) is 24.2 Å². The van der Waals surface area contributed by atoms with Crippen LogP contribution in [0.2, 0.25) is 0 Å². The van der Waals surface area contributed by atoms with E-state index in [0.717, 1.165) is 6.42 Å². The van der Waals surface area contributed by atoms with Crippen LogP contribution in [-0.2, 0) is 4.74 Å². The number of benzene rings is 1. The third-order valence-corrected chi connectivity index (χ3v) is 3.58. The van der Waals surface area contributed by atoms with Crippen LogP contribution < -0.4 is 14.8 Å². The Hall–Kier alpha value is -2.24. The lowest BCUT2D eigenvalue weighted by atomic mass is 10.1. The van der Waals surface area contributed by atoms with E-state index in [1.807, 2.05) is 13.8 Å². The Labute approximate surface area is 136 Å². The minimum atomic E-state index is -0.283. The SMILES string of the molecule is CCCOC(=N[C@@H](C)C(C)C)NC(=O)c1ccc2c(c1)OCO2. The first-order valence-corrected chi connectivity index (χ1v) is 7.92. The minimum Gasteiger partial charge on any atom is -0.465 e. The molecule has 0 fully saturated rings. The van der Waals surface area contributed by atoms with Gasteiger partial charge >= 0.3 is 0 Å². The van der Waals surface area contributed by atoms with Gasteiger partial charge in [0, 0.05) is 5.56 Å². The van der Waals surface area contributed by atoms with Gasteiger partial charge in [0.2, 0.25) is 6.79 Å². The number of aliphatic imine (C=N–C) groups is 1. The number of amides is 1. The Balaban J connectivity index is 2.10. The van der Waals surface area contributed by atoms with Gasteiger partial charge in [-0.2, -0.15) is 0 Å². The molecule has 0 aromatic heterocycles. The highest BCUT2D eigenvalue weighted by molar-refractivity contribution is 6.04. The molecule has 1 aliphatic heterocycles. The zero-order valence-electron chi connectivity index (χ0n) is 14.1. The highest BCUT2D eigenvalue weighted by Crippen LogP contribution is 2.32. The summed E-state index contributed by atoms with van der Waals surface area (Å²) in [6.07, 6.45) is 0.842. The molecular formula is C17H24N2O4. The number of hydrogen-bond donors (Lipinski definition) is 1. The predicted molar refractivity (Wildman–Crippen MR) is 88.0 cm³/mol. The van der Waals surface area contributed by atoms with Crippen molar-refractivity contribution in [3.8, 4) is 11.5 Å². The van der Waals surface area contributed by atoms with Gasteiger partial charge in [-0.15, -0.1) is 0 Å². The second kappa shape index (κ2) is 7.85. The Morgan fingerprint density at radius 2 is 2.04 bits per heavy atom. The maximum Gasteiger partial charge on any atom is 0.291 e. The van der Waals surface area contributed by atoms with Crippen LogP contribution in [0, 0.1) is 5.92 Å². The van der Waals surface area contributed by atoms with Gasteiger partial charge in [-0.3, -0.25) is 10.1 Å². The molecule has 126 valence electrons. The van der Waals surface area contributed by atoms with Crippen molar-refractivity contribution < 1.29 is 19.0 Å². The first-order valence-electron chi connectivity index (χ1n) is 7.92. The quantitative estimate of drug-likeness (QED) is 0.669. The van der Waals surface area contributed by atoms with Gasteiger partial charge in [0.15, 0.2) is 11.5 Å². The lowest BCUT2D eigenvalue weighted by Crippen LogP contribution is -2.34. The van der Waals surface area contributed by atoms with Crippen molar-refractivity contribution in [1.29, 1.82) is 0 Å². The van der Waals surface area contributed by atoms with E-state index in [1.165, 1.54) is 0 Å². The molecule has 0 radical (unpaired) electrons. The molecule has 0 bridgehead atoms. The Morgan fingerprint density at radius 3 is 2.74 bits per heavy atom. The molecule has 0 saturated heterocycles. The van der Waals surface area contributed by atoms with Crippen LogP contribution in [0.15, 0.2) is 23.2 Å². The van der Waals surface area contributed by atoms with Crippen LogP contribution in [0.5, 0.6) is 11.5 Å². The van der Waals surface area contributed by atoms with Crippen LogP contribution in [0.25, 0.3) is 0 Å². The predicted octanol–water partition coefficient (Wildman–Crippen LogP) is 2.97. The lowest BCUT2D eigenvalue weighted by Gasteiger charge is -2.15. The summed E-state index contributed by atoms with van der Waals surface area (Å²) in [4.78, 5) is 16.9. The number of nitrogens with zero attached hydrogens (tertiary/aromatic N) is 1. The van der Waals surface area contributed by atoms with Gasteiger partial charge in [-0.25, -0.2) is 4.99 Å². The molecule has 1 aliphatic rings. The molecule has 2 rings (SSSR count). The molecule has 1 aromatic rings. The van der Waals surface area contributed by atoms with Crippen molar-refractivity contribution in [3.63, 3.8) is 0 Å². The first kappa shape index (κ1) is 17.1. The van der Waals surface area contributed by atoms with Crippen molar-refractivity contribution in [3.05, 3.63) is 23.8 Å². The number of ether oxygens (including phenoxy) is 3. The van der Waals surface area contributed by atoms with Crippen molar-refractivity contribution in [2.75, 3.05) is 13.4 Å². The zero-order chi connectivity index (χ0) is 16.8. The summed E-state index contributed by atoms with van der Waals surface area (Å²) >= 11 is 0. The summed E-state index contributed by atoms with van der Waals surface area (Å²) in [7, 11) is 0. The Kier molecular flexibility index (Phi) is 5.84. The molecule has 0 spiro atoms. The van der Waals surface area contributed by atoms with Crippen LogP contribution in [0.3, 0.4) is 0 Å². The molecule has 1 heterocycles. The minimum absolute atomic E-state index is 0.0545. The number of hydrogen-bond acceptors (Lipinski definition) is 5. The van der Waals surface area contributed by atoms with E-state index in [0.29, 0.717) is 29.6 Å². The van der Waals surface area contributed by atoms with Crippen LogP contribution in [-0.4, -0.2) is 31.4 Å². The molecule has 0 unspecified atom stereocenters. The molecule has 1 aromatic carbocycles. The lowest BCUT2D eigenvalue weighted by molar-refractivity contribution is 0.0964. The van der Waals surface area contributed by atoms with Crippen LogP contribution in [0.4, 0.5) is 0 Å². The van der Waals surface area contributed by atoms with Gasteiger partial charge in [-0.05, 0) is 37.5 Å². The smallest absolute Gasteiger partial charge is 0.291 e. The fourth-order valence-corrected chi connectivity index (χ4v) is 1.85. The van der Waals surface area contributed by atoms with E-state index in [9.17, 15) is 4.79 Å². The molecule has 1 amide bonds. The summed E-state index contributed by atoms with van der Waals surface area (Å²) in [5, 5.41) is 2.74. The average molecular weight is 320 g/mol. The van der Waals surface area contributed by atoms with E-state index >= 15 is 0 Å². The van der Waals surface area contributed by atoms with Gasteiger partial charge in [0.25, 0.3) is 11.9 Å². The monoisotopic (exact) mass is 320 g/mol. The Morgan fingerprint density at radius 1 is 1.30 bits per heavy atom. The number of rotatable bonds is 5. The number of nitrogens with one attached hydrogen (secondary N) is 1. The number of amidine groups is 1. The highest BCUT2D eigenvalue weighted by atomic mass is 16.7. The first-order chi connectivity index (χ1) is 11.0. The van der Waals surface area contributed by atoms with E-state index in [1.54, 1.807) is 18.2 Å². The van der Waals surface area contributed by atoms with Crippen molar-refractivity contribution in [2.45, 2.75) is 40.2 Å². The van der Waals surface area contributed by atoms with Crippen LogP contribution in [0.1, 0.15) is 44.5 Å². The van der Waals surface area contributed by atoms with Gasteiger partial charge in [0.1, 0.15) is 0 Å². The van der Waals surface area contributed by atoms with E-state index in [4.69, 9.17) is 14.2 Å². The zero-order valence-corrected chi connectivity index (χ0v) is 14.1. The molecule has 6 heteroatoms. The summed E-state index contributed by atoms with van der Waals surface area (Å²) in [6, 6.07) is 5.37. The average Bonchev–Trinajstić information content (AvgIpc) is 2.99. The summed E-state index contributed by atoms with van der Waals surface area (Å²) < 4.78 is 16.1. The Bertz CT molecular complexity index is 584. The van der Waals surface area contributed by atoms with Gasteiger partial charge in [-0.1, -0.05) is 20.8 Å². The van der Waals surface area contributed by atoms with E-state index in [-0.39, 0.29) is 24.8 Å². The fourth-order valence-electron chi connectivity index (χ4n) is 1.85. The normalized spacial score (nSPS) is 14.7. The van der Waals surface area contributed by atoms with Crippen LogP contribution >= 0.6 is 0 Å². The standard InChI is InChI=1S/C17H24N2O4/c1-5-8-21-17(18-12(4)11(2)3)19-16(20)13-6-7-14-15(9-13)23-10-22-14/h6-7,9,11-12H,5,8,10H2,1-4H3,(H,18,19,20)/t12-/m0/s1. The van der Waals surface area contributed by atoms with E-state index < -0.39 is 0 Å². The maximum absolute atomic E-state index is 12.4. The molecule has 1 N–H and O–H groups in total. The molecular weight excluding hydrogens is 296 g/mol. The molecule has 0 aliphatic carbocycles. The topological polar surface area (TPSA) is 69.2 Å². The molecule has 1 atom stereocenters.